The van der Waals surface area contributed by atoms with Crippen LogP contribution in [-0.2, 0) is 28.4 Å². The number of fused-ring (bicyclic) bond motifs is 1. The second-order valence-corrected chi connectivity index (χ2v) is 5.72. The highest BCUT2D eigenvalue weighted by Crippen LogP contribution is 2.39. The summed E-state index contributed by atoms with van der Waals surface area (Å²) in [5.41, 5.74) is 0.916. The lowest BCUT2D eigenvalue weighted by Gasteiger charge is -2.38. The number of aliphatic hydroxyl groups is 1. The first-order chi connectivity index (χ1) is 11.8. The van der Waals surface area contributed by atoms with Gasteiger partial charge in [0.25, 0.3) is 0 Å². The molecule has 0 bridgehead atoms. The van der Waals surface area contributed by atoms with Crippen molar-refractivity contribution >= 4 is 0 Å². The first-order valence-electron chi connectivity index (χ1n) is 8.04. The fourth-order valence-corrected chi connectivity index (χ4v) is 3.12. The van der Waals surface area contributed by atoms with E-state index in [0.29, 0.717) is 6.61 Å². The van der Waals surface area contributed by atoms with Crippen LogP contribution < -0.4 is 0 Å². The molecule has 0 amide bonds. The highest BCUT2D eigenvalue weighted by atomic mass is 16.8. The van der Waals surface area contributed by atoms with Crippen LogP contribution in [0, 0.1) is 0 Å². The fourth-order valence-electron chi connectivity index (χ4n) is 3.12. The Balaban J connectivity index is 1.79. The van der Waals surface area contributed by atoms with Crippen molar-refractivity contribution in [2.75, 3.05) is 34.0 Å². The number of ether oxygens (including phenoxy) is 6. The third-order valence-corrected chi connectivity index (χ3v) is 4.25. The van der Waals surface area contributed by atoms with E-state index in [0.717, 1.165) is 5.56 Å². The van der Waals surface area contributed by atoms with E-state index in [1.54, 1.807) is 14.2 Å². The molecule has 134 valence electrons. The van der Waals surface area contributed by atoms with E-state index in [-0.39, 0.29) is 37.6 Å². The molecule has 2 fully saturated rings. The summed E-state index contributed by atoms with van der Waals surface area (Å²) in [4.78, 5) is 0. The summed E-state index contributed by atoms with van der Waals surface area (Å²) in [6.45, 7) is 0.498. The second-order valence-electron chi connectivity index (χ2n) is 5.72. The van der Waals surface area contributed by atoms with Crippen molar-refractivity contribution < 1.29 is 33.5 Å². The van der Waals surface area contributed by atoms with Crippen LogP contribution >= 0.6 is 0 Å². The predicted octanol–water partition coefficient (Wildman–Crippen LogP) is 0.864. The first-order valence-corrected chi connectivity index (χ1v) is 8.04. The Labute approximate surface area is 141 Å². The molecule has 2 heterocycles. The van der Waals surface area contributed by atoms with Crippen LogP contribution in [0.2, 0.25) is 0 Å². The van der Waals surface area contributed by atoms with Gasteiger partial charge >= 0.3 is 0 Å². The van der Waals surface area contributed by atoms with Gasteiger partial charge in [-0.15, -0.1) is 0 Å². The molecule has 1 N–H and O–H groups in total. The van der Waals surface area contributed by atoms with E-state index in [2.05, 4.69) is 0 Å². The largest absolute Gasteiger partial charge is 0.394 e. The molecule has 24 heavy (non-hydrogen) atoms. The average molecular weight is 340 g/mol. The minimum atomic E-state index is -0.535. The smallest absolute Gasteiger partial charge is 0.186 e. The standard InChI is InChI=1S/C17H24O7/c1-19-15-14-13(23-17(15)20-2)12(10-21-9-8-18)22-16(24-14)11-6-4-3-5-7-11/h3-7,12-18H,8-10H2,1-2H3/t12?,13-,14-,15?,16?,17+/m1/s1. The summed E-state index contributed by atoms with van der Waals surface area (Å²) in [6.07, 6.45) is -2.45. The van der Waals surface area contributed by atoms with E-state index < -0.39 is 12.6 Å². The molecule has 2 aliphatic rings. The van der Waals surface area contributed by atoms with Gasteiger partial charge in [0.1, 0.15) is 24.4 Å². The van der Waals surface area contributed by atoms with Crippen LogP contribution in [0.4, 0.5) is 0 Å². The summed E-state index contributed by atoms with van der Waals surface area (Å²) < 4.78 is 34.4. The molecule has 2 aliphatic heterocycles. The van der Waals surface area contributed by atoms with Crippen LogP contribution in [0.15, 0.2) is 30.3 Å². The van der Waals surface area contributed by atoms with Crippen molar-refractivity contribution in [1.82, 2.24) is 0 Å². The Morgan fingerprint density at radius 1 is 1.00 bits per heavy atom. The van der Waals surface area contributed by atoms with Gasteiger partial charge in [0.2, 0.25) is 0 Å². The summed E-state index contributed by atoms with van der Waals surface area (Å²) in [5, 5.41) is 8.91. The van der Waals surface area contributed by atoms with Gasteiger partial charge < -0.3 is 33.5 Å². The molecule has 0 aliphatic carbocycles. The van der Waals surface area contributed by atoms with Gasteiger partial charge in [-0.2, -0.15) is 0 Å². The van der Waals surface area contributed by atoms with E-state index in [1.165, 1.54) is 0 Å². The van der Waals surface area contributed by atoms with E-state index in [1.807, 2.05) is 30.3 Å². The lowest BCUT2D eigenvalue weighted by Crippen LogP contribution is -2.50. The number of benzene rings is 1. The number of hydrogen-bond acceptors (Lipinski definition) is 7. The first kappa shape index (κ1) is 17.8. The molecular formula is C17H24O7. The molecule has 6 atom stereocenters. The van der Waals surface area contributed by atoms with Crippen molar-refractivity contribution in [3.8, 4) is 0 Å². The molecular weight excluding hydrogens is 316 g/mol. The highest BCUT2D eigenvalue weighted by Gasteiger charge is 2.54. The number of hydrogen-bond donors (Lipinski definition) is 1. The molecule has 2 saturated heterocycles. The number of methoxy groups -OCH3 is 2. The quantitative estimate of drug-likeness (QED) is 0.738. The van der Waals surface area contributed by atoms with Crippen LogP contribution in [-0.4, -0.2) is 69.9 Å². The minimum absolute atomic E-state index is 0.0400. The maximum absolute atomic E-state index is 8.91. The summed E-state index contributed by atoms with van der Waals surface area (Å²) in [5.74, 6) is 0. The van der Waals surface area contributed by atoms with Crippen molar-refractivity contribution in [1.29, 1.82) is 0 Å². The molecule has 1 aromatic rings. The zero-order valence-corrected chi connectivity index (χ0v) is 13.9. The third-order valence-electron chi connectivity index (χ3n) is 4.25. The van der Waals surface area contributed by atoms with E-state index in [9.17, 15) is 0 Å². The highest BCUT2D eigenvalue weighted by molar-refractivity contribution is 5.17. The van der Waals surface area contributed by atoms with Crippen LogP contribution in [0.5, 0.6) is 0 Å². The van der Waals surface area contributed by atoms with Crippen molar-refractivity contribution in [3.05, 3.63) is 35.9 Å². The molecule has 0 radical (unpaired) electrons. The van der Waals surface area contributed by atoms with Crippen molar-refractivity contribution in [2.24, 2.45) is 0 Å². The summed E-state index contributed by atoms with van der Waals surface area (Å²) in [7, 11) is 3.18. The maximum atomic E-state index is 8.91. The Hall–Kier alpha value is -1.06. The van der Waals surface area contributed by atoms with Gasteiger partial charge in [-0.05, 0) is 0 Å². The van der Waals surface area contributed by atoms with Gasteiger partial charge in [0.05, 0.1) is 19.8 Å². The van der Waals surface area contributed by atoms with E-state index in [4.69, 9.17) is 33.5 Å². The zero-order chi connectivity index (χ0) is 16.9. The number of aliphatic hydroxyl groups excluding tert-OH is 1. The molecule has 0 spiro atoms. The van der Waals surface area contributed by atoms with Gasteiger partial charge in [0, 0.05) is 19.8 Å². The van der Waals surface area contributed by atoms with Gasteiger partial charge in [-0.1, -0.05) is 30.3 Å². The van der Waals surface area contributed by atoms with Crippen molar-refractivity contribution in [3.63, 3.8) is 0 Å². The SMILES string of the molecule is COC1[C@@H](OC)O[C@@H]2C(COCCO)OC(c3ccccc3)O[C@@H]12. The lowest BCUT2D eigenvalue weighted by atomic mass is 10.0. The average Bonchev–Trinajstić information content (AvgIpc) is 3.00. The monoisotopic (exact) mass is 340 g/mol. The Bertz CT molecular complexity index is 497. The Morgan fingerprint density at radius 2 is 1.79 bits per heavy atom. The van der Waals surface area contributed by atoms with Crippen molar-refractivity contribution in [2.45, 2.75) is 37.0 Å². The molecule has 1 aromatic carbocycles. The molecule has 3 unspecified atom stereocenters. The molecule has 0 aromatic heterocycles. The van der Waals surface area contributed by atoms with Gasteiger partial charge in [0.15, 0.2) is 12.6 Å². The summed E-state index contributed by atoms with van der Waals surface area (Å²) in [6, 6.07) is 9.70. The van der Waals surface area contributed by atoms with Crippen LogP contribution in [0.25, 0.3) is 0 Å². The normalized spacial score (nSPS) is 35.8. The molecule has 0 saturated carbocycles. The van der Waals surface area contributed by atoms with Crippen LogP contribution in [0.3, 0.4) is 0 Å². The molecule has 7 nitrogen and oxygen atoms in total. The molecule has 7 heteroatoms. The second kappa shape index (κ2) is 8.35. The molecule has 3 rings (SSSR count). The van der Waals surface area contributed by atoms with E-state index >= 15 is 0 Å². The Morgan fingerprint density at radius 3 is 2.46 bits per heavy atom. The fraction of sp³-hybridized carbons (Fsp3) is 0.647. The topological polar surface area (TPSA) is 75.6 Å². The maximum Gasteiger partial charge on any atom is 0.186 e. The van der Waals surface area contributed by atoms with Gasteiger partial charge in [-0.25, -0.2) is 0 Å². The van der Waals surface area contributed by atoms with Gasteiger partial charge in [-0.3, -0.25) is 0 Å². The predicted molar refractivity (Wildman–Crippen MR) is 83.3 cm³/mol. The minimum Gasteiger partial charge on any atom is -0.394 e. The lowest BCUT2D eigenvalue weighted by molar-refractivity contribution is -0.294. The summed E-state index contributed by atoms with van der Waals surface area (Å²) >= 11 is 0. The Kier molecular flexibility index (Phi) is 6.18. The number of rotatable bonds is 7. The third kappa shape index (κ3) is 3.62. The zero-order valence-electron chi connectivity index (χ0n) is 13.9. The van der Waals surface area contributed by atoms with Crippen LogP contribution in [0.1, 0.15) is 11.9 Å².